The van der Waals surface area contributed by atoms with Gasteiger partial charge in [0.1, 0.15) is 0 Å². The summed E-state index contributed by atoms with van der Waals surface area (Å²) in [5, 5.41) is 0. The zero-order valence-corrected chi connectivity index (χ0v) is 5.09. The van der Waals surface area contributed by atoms with Crippen LogP contribution in [-0.2, 0) is 4.74 Å². The first kappa shape index (κ1) is 9.90. The summed E-state index contributed by atoms with van der Waals surface area (Å²) < 4.78 is 58.9. The van der Waals surface area contributed by atoms with Crippen molar-refractivity contribution in [1.29, 1.82) is 0 Å². The van der Waals surface area contributed by atoms with Gasteiger partial charge in [0.2, 0.25) is 0 Å². The van der Waals surface area contributed by atoms with E-state index in [1.165, 1.54) is 0 Å². The molecule has 0 aromatic carbocycles. The van der Waals surface area contributed by atoms with Crippen LogP contribution in [0.3, 0.4) is 0 Å². The zero-order chi connectivity index (χ0) is 8.36. The van der Waals surface area contributed by atoms with Crippen LogP contribution in [-0.4, -0.2) is 18.4 Å². The summed E-state index contributed by atoms with van der Waals surface area (Å²) in [6.45, 7) is 0. The Hall–Kier alpha value is -0.100. The molecular formula is C3H2ClF5O. The second-order valence-corrected chi connectivity index (χ2v) is 1.60. The lowest BCUT2D eigenvalue weighted by Crippen LogP contribution is -2.28. The van der Waals surface area contributed by atoms with Crippen LogP contribution in [0.15, 0.2) is 0 Å². The molecule has 0 saturated carbocycles. The van der Waals surface area contributed by atoms with Crippen LogP contribution >= 0.6 is 11.6 Å². The van der Waals surface area contributed by atoms with Crippen LogP contribution in [0.1, 0.15) is 0 Å². The summed E-state index contributed by atoms with van der Waals surface area (Å²) in [6, 6.07) is 0. The Morgan fingerprint density at radius 3 is 1.70 bits per heavy atom. The molecule has 0 amide bonds. The number of hydrogen-bond acceptors (Lipinski definition) is 1. The largest absolute Gasteiger partial charge is 0.445 e. The molecule has 0 fully saturated rings. The standard InChI is InChI=1S/C3H2ClF5O/c4-2(6)10-1(5)3(7,8)9/h1-2H/t1-,2-/m0/s1. The van der Waals surface area contributed by atoms with Gasteiger partial charge in [0.15, 0.2) is 0 Å². The summed E-state index contributed by atoms with van der Waals surface area (Å²) in [4.78, 5) is 0. The second-order valence-electron chi connectivity index (χ2n) is 1.25. The van der Waals surface area contributed by atoms with Gasteiger partial charge in [-0.1, -0.05) is 11.6 Å². The van der Waals surface area contributed by atoms with Gasteiger partial charge in [-0.2, -0.15) is 17.6 Å². The van der Waals surface area contributed by atoms with Gasteiger partial charge in [-0.15, -0.1) is 0 Å². The fraction of sp³-hybridized carbons (Fsp3) is 1.00. The van der Waals surface area contributed by atoms with E-state index < -0.39 is 18.4 Å². The highest BCUT2D eigenvalue weighted by Crippen LogP contribution is 2.25. The van der Waals surface area contributed by atoms with Crippen molar-refractivity contribution in [1.82, 2.24) is 0 Å². The van der Waals surface area contributed by atoms with E-state index in [9.17, 15) is 22.0 Å². The Balaban J connectivity index is 3.73. The second kappa shape index (κ2) is 3.34. The first-order valence-corrected chi connectivity index (χ1v) is 2.42. The van der Waals surface area contributed by atoms with Gasteiger partial charge >= 0.3 is 6.18 Å². The summed E-state index contributed by atoms with van der Waals surface area (Å²) >= 11 is 4.25. The first-order chi connectivity index (χ1) is 4.34. The summed E-state index contributed by atoms with van der Waals surface area (Å²) in [5.74, 6) is -2.78. The Bertz CT molecular complexity index is 102. The van der Waals surface area contributed by atoms with Crippen LogP contribution < -0.4 is 0 Å². The number of rotatable bonds is 2. The van der Waals surface area contributed by atoms with Crippen molar-refractivity contribution in [3.63, 3.8) is 0 Å². The lowest BCUT2D eigenvalue weighted by atomic mass is 10.7. The van der Waals surface area contributed by atoms with E-state index in [0.29, 0.717) is 0 Å². The molecule has 0 aliphatic rings. The normalized spacial score (nSPS) is 18.6. The summed E-state index contributed by atoms with van der Waals surface area (Å²) in [5.41, 5.74) is 0. The van der Waals surface area contributed by atoms with Crippen molar-refractivity contribution in [2.45, 2.75) is 18.4 Å². The third kappa shape index (κ3) is 3.84. The quantitative estimate of drug-likeness (QED) is 0.473. The van der Waals surface area contributed by atoms with Crippen LogP contribution in [0.25, 0.3) is 0 Å². The summed E-state index contributed by atoms with van der Waals surface area (Å²) in [7, 11) is 0. The van der Waals surface area contributed by atoms with E-state index in [1.54, 1.807) is 0 Å². The Morgan fingerprint density at radius 2 is 1.60 bits per heavy atom. The van der Waals surface area contributed by atoms with Crippen molar-refractivity contribution < 1.29 is 26.7 Å². The predicted octanol–water partition coefficient (Wildman–Crippen LogP) is 2.35. The van der Waals surface area contributed by atoms with E-state index in [1.807, 2.05) is 0 Å². The van der Waals surface area contributed by atoms with Crippen LogP contribution in [0.4, 0.5) is 22.0 Å². The molecule has 62 valence electrons. The highest BCUT2D eigenvalue weighted by Gasteiger charge is 2.42. The van der Waals surface area contributed by atoms with E-state index in [-0.39, 0.29) is 0 Å². The molecule has 0 aromatic rings. The SMILES string of the molecule is F[C@H](Cl)O[C@H](F)C(F)(F)F. The molecule has 0 heterocycles. The molecule has 7 heteroatoms. The van der Waals surface area contributed by atoms with Crippen molar-refractivity contribution >= 4 is 11.6 Å². The van der Waals surface area contributed by atoms with E-state index in [2.05, 4.69) is 16.3 Å². The molecule has 0 unspecified atom stereocenters. The monoisotopic (exact) mass is 184 g/mol. The fourth-order valence-electron chi connectivity index (χ4n) is 0.167. The van der Waals surface area contributed by atoms with Gasteiger partial charge in [-0.25, -0.2) is 4.39 Å². The minimum atomic E-state index is -5.22. The molecule has 0 saturated heterocycles. The number of ether oxygens (including phenoxy) is 1. The van der Waals surface area contributed by atoms with Crippen molar-refractivity contribution in [2.75, 3.05) is 0 Å². The average molecular weight is 184 g/mol. The average Bonchev–Trinajstić information content (AvgIpc) is 1.60. The summed E-state index contributed by atoms with van der Waals surface area (Å²) in [6.07, 6.45) is -8.89. The van der Waals surface area contributed by atoms with Gasteiger partial charge in [0.25, 0.3) is 12.2 Å². The van der Waals surface area contributed by atoms with Gasteiger partial charge in [-0.05, 0) is 0 Å². The lowest BCUT2D eigenvalue weighted by Gasteiger charge is -2.11. The zero-order valence-electron chi connectivity index (χ0n) is 4.33. The highest BCUT2D eigenvalue weighted by molar-refractivity contribution is 6.18. The first-order valence-electron chi connectivity index (χ1n) is 1.98. The van der Waals surface area contributed by atoms with Gasteiger partial charge in [0.05, 0.1) is 0 Å². The maximum absolute atomic E-state index is 11.5. The molecule has 0 rings (SSSR count). The molecule has 0 bridgehead atoms. The molecule has 0 N–H and O–H groups in total. The van der Waals surface area contributed by atoms with Crippen molar-refractivity contribution in [2.24, 2.45) is 0 Å². The molecule has 0 aliphatic heterocycles. The smallest absolute Gasteiger partial charge is 0.293 e. The maximum Gasteiger partial charge on any atom is 0.445 e. The Kier molecular flexibility index (Phi) is 3.30. The fourth-order valence-corrected chi connectivity index (χ4v) is 0.258. The van der Waals surface area contributed by atoms with Crippen LogP contribution in [0, 0.1) is 0 Å². The third-order valence-electron chi connectivity index (χ3n) is 0.480. The minimum absolute atomic E-state index is 2.78. The molecule has 0 spiro atoms. The van der Waals surface area contributed by atoms with E-state index in [0.717, 1.165) is 0 Å². The van der Waals surface area contributed by atoms with E-state index in [4.69, 9.17) is 0 Å². The Morgan fingerprint density at radius 1 is 1.20 bits per heavy atom. The molecule has 0 radical (unpaired) electrons. The molecule has 10 heavy (non-hydrogen) atoms. The minimum Gasteiger partial charge on any atom is -0.293 e. The number of halogens is 6. The van der Waals surface area contributed by atoms with Crippen molar-refractivity contribution in [3.05, 3.63) is 0 Å². The maximum atomic E-state index is 11.5. The molecule has 0 aromatic heterocycles. The highest BCUT2D eigenvalue weighted by atomic mass is 35.5. The third-order valence-corrected chi connectivity index (χ3v) is 0.583. The molecule has 0 aliphatic carbocycles. The van der Waals surface area contributed by atoms with Crippen LogP contribution in [0.5, 0.6) is 0 Å². The Labute approximate surface area is 57.7 Å². The molecule has 2 atom stereocenters. The topological polar surface area (TPSA) is 9.23 Å². The lowest BCUT2D eigenvalue weighted by molar-refractivity contribution is -0.279. The van der Waals surface area contributed by atoms with Gasteiger partial charge < -0.3 is 0 Å². The number of hydrogen-bond donors (Lipinski definition) is 0. The van der Waals surface area contributed by atoms with Gasteiger partial charge in [-0.3, -0.25) is 4.74 Å². The van der Waals surface area contributed by atoms with Gasteiger partial charge in [0, 0.05) is 0 Å². The molecule has 1 nitrogen and oxygen atoms in total. The number of alkyl halides is 6. The predicted molar refractivity (Wildman–Crippen MR) is 22.8 cm³/mol. The van der Waals surface area contributed by atoms with E-state index >= 15 is 0 Å². The van der Waals surface area contributed by atoms with Crippen molar-refractivity contribution in [3.8, 4) is 0 Å². The molecular weight excluding hydrogens is 182 g/mol. The van der Waals surface area contributed by atoms with Crippen LogP contribution in [0.2, 0.25) is 0 Å².